The second-order valence-electron chi connectivity index (χ2n) is 4.46. The Labute approximate surface area is 95.0 Å². The lowest BCUT2D eigenvalue weighted by Crippen LogP contribution is -2.13. The number of rotatable bonds is 3. The number of hydrogen-bond acceptors (Lipinski definition) is 3. The van der Waals surface area contributed by atoms with Gasteiger partial charge in [-0.15, -0.1) is 0 Å². The number of ether oxygens (including phenoxy) is 1. The Morgan fingerprint density at radius 2 is 2.19 bits per heavy atom. The summed E-state index contributed by atoms with van der Waals surface area (Å²) in [5, 5.41) is 9.33. The molecule has 0 radical (unpaired) electrons. The predicted octanol–water partition coefficient (Wildman–Crippen LogP) is 1.81. The minimum absolute atomic E-state index is 0.0423. The maximum Gasteiger partial charge on any atom is 0.338 e. The van der Waals surface area contributed by atoms with Gasteiger partial charge in [0, 0.05) is 5.41 Å². The maximum atomic E-state index is 11.4. The molecular formula is C13H16O3. The zero-order valence-corrected chi connectivity index (χ0v) is 9.62. The van der Waals surface area contributed by atoms with Gasteiger partial charge in [0.1, 0.15) is 0 Å². The van der Waals surface area contributed by atoms with Gasteiger partial charge in [0.05, 0.1) is 19.3 Å². The predicted molar refractivity (Wildman–Crippen MR) is 60.5 cm³/mol. The Balaban J connectivity index is 2.33. The van der Waals surface area contributed by atoms with E-state index in [1.54, 1.807) is 6.07 Å². The van der Waals surface area contributed by atoms with Gasteiger partial charge in [-0.2, -0.15) is 0 Å². The third-order valence-corrected chi connectivity index (χ3v) is 3.40. The van der Waals surface area contributed by atoms with E-state index >= 15 is 0 Å². The van der Waals surface area contributed by atoms with Crippen LogP contribution in [-0.4, -0.2) is 24.8 Å². The summed E-state index contributed by atoms with van der Waals surface area (Å²) in [7, 11) is 1.38. The second kappa shape index (κ2) is 3.91. The van der Waals surface area contributed by atoms with Gasteiger partial charge in [0.2, 0.25) is 0 Å². The van der Waals surface area contributed by atoms with Crippen molar-refractivity contribution in [2.24, 2.45) is 0 Å². The lowest BCUT2D eigenvalue weighted by atomic mass is 9.93. The zero-order valence-electron chi connectivity index (χ0n) is 9.62. The first kappa shape index (κ1) is 11.1. The van der Waals surface area contributed by atoms with E-state index in [4.69, 9.17) is 4.74 Å². The van der Waals surface area contributed by atoms with Crippen molar-refractivity contribution in [3.05, 3.63) is 34.9 Å². The smallest absolute Gasteiger partial charge is 0.338 e. The van der Waals surface area contributed by atoms with Crippen LogP contribution in [0.15, 0.2) is 18.2 Å². The minimum atomic E-state index is -0.308. The number of esters is 1. The highest BCUT2D eigenvalue weighted by Gasteiger charge is 2.43. The summed E-state index contributed by atoms with van der Waals surface area (Å²) in [6.45, 7) is 2.08. The van der Waals surface area contributed by atoms with Gasteiger partial charge in [0.25, 0.3) is 0 Å². The van der Waals surface area contributed by atoms with Gasteiger partial charge in [0.15, 0.2) is 0 Å². The summed E-state index contributed by atoms with van der Waals surface area (Å²) in [4.78, 5) is 11.4. The summed E-state index contributed by atoms with van der Waals surface area (Å²) in [6.07, 6.45) is 2.06. The molecule has 16 heavy (non-hydrogen) atoms. The van der Waals surface area contributed by atoms with Crippen molar-refractivity contribution in [1.82, 2.24) is 0 Å². The van der Waals surface area contributed by atoms with E-state index in [2.05, 4.69) is 0 Å². The molecule has 0 bridgehead atoms. The molecular weight excluding hydrogens is 204 g/mol. The average Bonchev–Trinajstić information content (AvgIpc) is 3.09. The average molecular weight is 220 g/mol. The minimum Gasteiger partial charge on any atom is -0.465 e. The van der Waals surface area contributed by atoms with Crippen LogP contribution in [0.25, 0.3) is 0 Å². The quantitative estimate of drug-likeness (QED) is 0.790. The number of hydrogen-bond donors (Lipinski definition) is 1. The molecule has 86 valence electrons. The van der Waals surface area contributed by atoms with Gasteiger partial charge in [-0.1, -0.05) is 12.1 Å². The Bertz CT molecular complexity index is 419. The van der Waals surface area contributed by atoms with Gasteiger partial charge >= 0.3 is 5.97 Å². The van der Waals surface area contributed by atoms with E-state index < -0.39 is 0 Å². The molecule has 0 heterocycles. The lowest BCUT2D eigenvalue weighted by Gasteiger charge is -2.14. The largest absolute Gasteiger partial charge is 0.465 e. The Morgan fingerprint density at radius 1 is 1.50 bits per heavy atom. The van der Waals surface area contributed by atoms with Gasteiger partial charge in [-0.3, -0.25) is 0 Å². The second-order valence-corrected chi connectivity index (χ2v) is 4.46. The molecule has 3 heteroatoms. The Kier molecular flexibility index (Phi) is 2.72. The molecule has 0 saturated heterocycles. The van der Waals surface area contributed by atoms with Crippen molar-refractivity contribution in [2.45, 2.75) is 25.2 Å². The van der Waals surface area contributed by atoms with Crippen molar-refractivity contribution < 1.29 is 14.6 Å². The van der Waals surface area contributed by atoms with Crippen LogP contribution >= 0.6 is 0 Å². The van der Waals surface area contributed by atoms with E-state index in [1.807, 2.05) is 19.1 Å². The molecule has 1 aromatic carbocycles. The maximum absolute atomic E-state index is 11.4. The fourth-order valence-corrected chi connectivity index (χ4v) is 2.02. The molecule has 0 spiro atoms. The van der Waals surface area contributed by atoms with Crippen LogP contribution in [0.4, 0.5) is 0 Å². The van der Waals surface area contributed by atoms with Crippen LogP contribution in [-0.2, 0) is 10.2 Å². The highest BCUT2D eigenvalue weighted by Crippen LogP contribution is 2.47. The van der Waals surface area contributed by atoms with Crippen molar-refractivity contribution in [3.8, 4) is 0 Å². The monoisotopic (exact) mass is 220 g/mol. The fourth-order valence-electron chi connectivity index (χ4n) is 2.02. The molecule has 0 unspecified atom stereocenters. The van der Waals surface area contributed by atoms with Gasteiger partial charge in [-0.05, 0) is 37.0 Å². The highest BCUT2D eigenvalue weighted by molar-refractivity contribution is 5.91. The summed E-state index contributed by atoms with van der Waals surface area (Å²) in [5.74, 6) is -0.308. The molecule has 2 rings (SSSR count). The van der Waals surface area contributed by atoms with Crippen LogP contribution < -0.4 is 0 Å². The molecule has 1 aliphatic rings. The first-order valence-corrected chi connectivity index (χ1v) is 5.43. The van der Waals surface area contributed by atoms with Gasteiger partial charge < -0.3 is 9.84 Å². The fraction of sp³-hybridized carbons (Fsp3) is 0.462. The Morgan fingerprint density at radius 3 is 2.62 bits per heavy atom. The summed E-state index contributed by atoms with van der Waals surface area (Å²) in [6, 6.07) is 5.68. The SMILES string of the molecule is COC(=O)c1ccc(C2(CO)CC2)cc1C. The van der Waals surface area contributed by atoms with Crippen LogP contribution in [0.2, 0.25) is 0 Å². The first-order chi connectivity index (χ1) is 7.63. The number of aryl methyl sites for hydroxylation is 1. The molecule has 1 fully saturated rings. The topological polar surface area (TPSA) is 46.5 Å². The third kappa shape index (κ3) is 1.71. The number of benzene rings is 1. The molecule has 1 aliphatic carbocycles. The molecule has 1 N–H and O–H groups in total. The van der Waals surface area contributed by atoms with Crippen LogP contribution in [0, 0.1) is 6.92 Å². The molecule has 0 aromatic heterocycles. The number of aliphatic hydroxyl groups is 1. The van der Waals surface area contributed by atoms with Crippen molar-refractivity contribution >= 4 is 5.97 Å². The molecule has 3 nitrogen and oxygen atoms in total. The normalized spacial score (nSPS) is 16.9. The van der Waals surface area contributed by atoms with E-state index in [1.165, 1.54) is 7.11 Å². The molecule has 1 saturated carbocycles. The number of aliphatic hydroxyl groups excluding tert-OH is 1. The molecule has 1 aromatic rings. The lowest BCUT2D eigenvalue weighted by molar-refractivity contribution is 0.0600. The van der Waals surface area contributed by atoms with E-state index in [-0.39, 0.29) is 18.0 Å². The van der Waals surface area contributed by atoms with Crippen molar-refractivity contribution in [3.63, 3.8) is 0 Å². The van der Waals surface area contributed by atoms with E-state index in [9.17, 15) is 9.90 Å². The van der Waals surface area contributed by atoms with Crippen LogP contribution in [0.3, 0.4) is 0 Å². The molecule has 0 atom stereocenters. The van der Waals surface area contributed by atoms with Crippen molar-refractivity contribution in [2.75, 3.05) is 13.7 Å². The summed E-state index contributed by atoms with van der Waals surface area (Å²) in [5.41, 5.74) is 2.59. The number of carbonyl (C=O) groups is 1. The first-order valence-electron chi connectivity index (χ1n) is 5.43. The molecule has 0 amide bonds. The van der Waals surface area contributed by atoms with Crippen LogP contribution in [0.1, 0.15) is 34.3 Å². The van der Waals surface area contributed by atoms with E-state index in [0.29, 0.717) is 5.56 Å². The standard InChI is InChI=1S/C13H16O3/c1-9-7-10(13(8-14)5-6-13)3-4-11(9)12(15)16-2/h3-4,7,14H,5-6,8H2,1-2H3. The third-order valence-electron chi connectivity index (χ3n) is 3.40. The highest BCUT2D eigenvalue weighted by atomic mass is 16.5. The number of carbonyl (C=O) groups excluding carboxylic acids is 1. The van der Waals surface area contributed by atoms with Crippen molar-refractivity contribution in [1.29, 1.82) is 0 Å². The summed E-state index contributed by atoms with van der Waals surface area (Å²) >= 11 is 0. The van der Waals surface area contributed by atoms with Crippen LogP contribution in [0.5, 0.6) is 0 Å². The summed E-state index contributed by atoms with van der Waals surface area (Å²) < 4.78 is 4.70. The number of methoxy groups -OCH3 is 1. The molecule has 0 aliphatic heterocycles. The zero-order chi connectivity index (χ0) is 11.8. The van der Waals surface area contributed by atoms with E-state index in [0.717, 1.165) is 24.0 Å². The van der Waals surface area contributed by atoms with Gasteiger partial charge in [-0.25, -0.2) is 4.79 Å². The Hall–Kier alpha value is -1.35.